The van der Waals surface area contributed by atoms with Crippen LogP contribution in [0.3, 0.4) is 0 Å². The molecule has 0 atom stereocenters. The number of nitrogens with one attached hydrogen (secondary N) is 2. The van der Waals surface area contributed by atoms with Gasteiger partial charge in [0.25, 0.3) is 5.56 Å². The van der Waals surface area contributed by atoms with Crippen LogP contribution in [0.2, 0.25) is 0 Å². The number of benzene rings is 1. The molecule has 3 aromatic rings. The fraction of sp³-hybridized carbons (Fsp3) is 0.519. The van der Waals surface area contributed by atoms with Gasteiger partial charge >= 0.3 is 0 Å². The fourth-order valence-corrected chi connectivity index (χ4v) is 5.55. The molecule has 0 amide bonds. The minimum absolute atomic E-state index is 0.108. The molecule has 1 aliphatic heterocycles. The van der Waals surface area contributed by atoms with Gasteiger partial charge in [-0.2, -0.15) is 0 Å². The Labute approximate surface area is 212 Å². The van der Waals surface area contributed by atoms with Gasteiger partial charge in [-0.1, -0.05) is 18.2 Å². The molecule has 0 saturated carbocycles. The van der Waals surface area contributed by atoms with Crippen molar-refractivity contribution in [2.75, 3.05) is 57.6 Å². The van der Waals surface area contributed by atoms with Crippen LogP contribution < -0.4 is 26.9 Å². The SMILES string of the molecule is CNC1(NC)CCc2nc(CCCCN3CCN(c4ccc5ccccc5n4)CC3)n(N)c(=O)c2C1. The van der Waals surface area contributed by atoms with Gasteiger partial charge in [0.15, 0.2) is 0 Å². The van der Waals surface area contributed by atoms with Crippen molar-refractivity contribution in [3.8, 4) is 0 Å². The molecule has 0 unspecified atom stereocenters. The molecule has 1 aromatic carbocycles. The molecule has 1 saturated heterocycles. The number of nitrogens with zero attached hydrogens (tertiary/aromatic N) is 5. The topological polar surface area (TPSA) is 104 Å². The normalized spacial score (nSPS) is 17.9. The number of rotatable bonds is 8. The third-order valence-corrected chi connectivity index (χ3v) is 8.00. The van der Waals surface area contributed by atoms with E-state index < -0.39 is 0 Å². The van der Waals surface area contributed by atoms with E-state index in [0.717, 1.165) is 87.4 Å². The Bertz CT molecular complexity index is 1260. The van der Waals surface area contributed by atoms with Gasteiger partial charge in [-0.25, -0.2) is 14.6 Å². The van der Waals surface area contributed by atoms with Gasteiger partial charge in [-0.15, -0.1) is 0 Å². The first kappa shape index (κ1) is 24.7. The van der Waals surface area contributed by atoms with E-state index in [1.54, 1.807) is 0 Å². The summed E-state index contributed by atoms with van der Waals surface area (Å²) in [4.78, 5) is 27.5. The number of para-hydroxylation sites is 1. The summed E-state index contributed by atoms with van der Waals surface area (Å²) in [5.41, 5.74) is 2.32. The molecule has 5 rings (SSSR count). The van der Waals surface area contributed by atoms with Crippen LogP contribution in [0.25, 0.3) is 10.9 Å². The molecule has 3 heterocycles. The van der Waals surface area contributed by atoms with Gasteiger partial charge in [0.2, 0.25) is 0 Å². The molecular formula is C27H38N8O. The van der Waals surface area contributed by atoms with Crippen LogP contribution in [-0.2, 0) is 19.3 Å². The Morgan fingerprint density at radius 3 is 2.56 bits per heavy atom. The van der Waals surface area contributed by atoms with Crippen LogP contribution in [0.5, 0.6) is 0 Å². The van der Waals surface area contributed by atoms with Crippen LogP contribution in [-0.4, -0.2) is 72.0 Å². The molecule has 36 heavy (non-hydrogen) atoms. The summed E-state index contributed by atoms with van der Waals surface area (Å²) in [6.07, 6.45) is 5.02. The van der Waals surface area contributed by atoms with Crippen LogP contribution in [0.15, 0.2) is 41.2 Å². The number of nitrogen functional groups attached to an aromatic ring is 1. The minimum Gasteiger partial charge on any atom is -0.354 e. The number of piperazine rings is 1. The van der Waals surface area contributed by atoms with Gasteiger partial charge < -0.3 is 21.4 Å². The molecule has 192 valence electrons. The second-order valence-electron chi connectivity index (χ2n) is 10.0. The number of hydrogen-bond acceptors (Lipinski definition) is 8. The monoisotopic (exact) mass is 490 g/mol. The number of likely N-dealkylation sites (N-methyl/N-ethyl adjacent to an activating group) is 2. The average molecular weight is 491 g/mol. The van der Waals surface area contributed by atoms with E-state index >= 15 is 0 Å². The largest absolute Gasteiger partial charge is 0.354 e. The summed E-state index contributed by atoms with van der Waals surface area (Å²) in [6, 6.07) is 12.6. The molecule has 1 fully saturated rings. The zero-order valence-electron chi connectivity index (χ0n) is 21.5. The smallest absolute Gasteiger partial charge is 0.275 e. The van der Waals surface area contributed by atoms with Crippen molar-refractivity contribution < 1.29 is 0 Å². The lowest BCUT2D eigenvalue weighted by Gasteiger charge is -2.37. The zero-order valence-corrected chi connectivity index (χ0v) is 21.5. The highest BCUT2D eigenvalue weighted by molar-refractivity contribution is 5.80. The number of hydrogen-bond donors (Lipinski definition) is 3. The predicted molar refractivity (Wildman–Crippen MR) is 145 cm³/mol. The quantitative estimate of drug-likeness (QED) is 0.246. The maximum atomic E-state index is 13.0. The van der Waals surface area contributed by atoms with Gasteiger partial charge in [0, 0.05) is 50.0 Å². The van der Waals surface area contributed by atoms with Crippen molar-refractivity contribution in [1.82, 2.24) is 30.2 Å². The minimum atomic E-state index is -0.267. The highest BCUT2D eigenvalue weighted by Gasteiger charge is 2.34. The van der Waals surface area contributed by atoms with Gasteiger partial charge in [0.1, 0.15) is 11.6 Å². The highest BCUT2D eigenvalue weighted by atomic mass is 16.1. The summed E-state index contributed by atoms with van der Waals surface area (Å²) >= 11 is 0. The van der Waals surface area contributed by atoms with Gasteiger partial charge in [0.05, 0.1) is 16.9 Å². The Morgan fingerprint density at radius 2 is 1.78 bits per heavy atom. The molecule has 2 aromatic heterocycles. The van der Waals surface area contributed by atoms with Crippen LogP contribution >= 0.6 is 0 Å². The lowest BCUT2D eigenvalue weighted by atomic mass is 9.87. The van der Waals surface area contributed by atoms with Crippen molar-refractivity contribution in [1.29, 1.82) is 0 Å². The number of pyridine rings is 1. The molecule has 1 aliphatic carbocycles. The molecule has 2 aliphatic rings. The maximum Gasteiger partial charge on any atom is 0.275 e. The first-order chi connectivity index (χ1) is 17.5. The molecule has 0 spiro atoms. The number of nitrogens with two attached hydrogens (primary N) is 1. The first-order valence-electron chi connectivity index (χ1n) is 13.1. The summed E-state index contributed by atoms with van der Waals surface area (Å²) in [5, 5.41) is 7.83. The molecule has 9 heteroatoms. The Morgan fingerprint density at radius 1 is 1.00 bits per heavy atom. The molecular weight excluding hydrogens is 452 g/mol. The lowest BCUT2D eigenvalue weighted by Crippen LogP contribution is -2.59. The second-order valence-corrected chi connectivity index (χ2v) is 10.0. The number of aromatic nitrogens is 3. The van der Waals surface area contributed by atoms with Crippen molar-refractivity contribution in [3.05, 3.63) is 63.8 Å². The van der Waals surface area contributed by atoms with Crippen molar-refractivity contribution in [2.24, 2.45) is 0 Å². The third-order valence-electron chi connectivity index (χ3n) is 8.00. The predicted octanol–water partition coefficient (Wildman–Crippen LogP) is 1.27. The van der Waals surface area contributed by atoms with Crippen LogP contribution in [0.4, 0.5) is 5.82 Å². The van der Waals surface area contributed by atoms with E-state index in [-0.39, 0.29) is 11.2 Å². The van der Waals surface area contributed by atoms with Crippen molar-refractivity contribution >= 4 is 16.7 Å². The maximum absolute atomic E-state index is 13.0. The van der Waals surface area contributed by atoms with Crippen molar-refractivity contribution in [3.63, 3.8) is 0 Å². The van der Waals surface area contributed by atoms with Crippen molar-refractivity contribution in [2.45, 2.75) is 44.2 Å². The van der Waals surface area contributed by atoms with E-state index in [1.165, 1.54) is 10.1 Å². The summed E-state index contributed by atoms with van der Waals surface area (Å²) in [6.45, 7) is 5.09. The van der Waals surface area contributed by atoms with Gasteiger partial charge in [-0.05, 0) is 64.5 Å². The third kappa shape index (κ3) is 4.96. The average Bonchev–Trinajstić information content (AvgIpc) is 2.93. The number of unbranched alkanes of at least 4 members (excludes halogenated alkanes) is 1. The number of anilines is 1. The van der Waals surface area contributed by atoms with Crippen LogP contribution in [0.1, 0.15) is 36.3 Å². The fourth-order valence-electron chi connectivity index (χ4n) is 5.55. The Hall–Kier alpha value is -3.01. The van der Waals surface area contributed by atoms with Crippen LogP contribution in [0, 0.1) is 0 Å². The molecule has 9 nitrogen and oxygen atoms in total. The van der Waals surface area contributed by atoms with Gasteiger partial charge in [-0.3, -0.25) is 9.69 Å². The van der Waals surface area contributed by atoms with E-state index in [9.17, 15) is 4.79 Å². The van der Waals surface area contributed by atoms with E-state index in [0.29, 0.717) is 12.2 Å². The molecule has 4 N–H and O–H groups in total. The Balaban J connectivity index is 1.11. The second kappa shape index (κ2) is 10.5. The Kier molecular flexibility index (Phi) is 7.22. The zero-order chi connectivity index (χ0) is 25.1. The molecule has 0 radical (unpaired) electrons. The summed E-state index contributed by atoms with van der Waals surface area (Å²) in [7, 11) is 3.84. The first-order valence-corrected chi connectivity index (χ1v) is 13.1. The number of fused-ring (bicyclic) bond motifs is 2. The van der Waals surface area contributed by atoms with E-state index in [2.05, 4.69) is 50.8 Å². The summed E-state index contributed by atoms with van der Waals surface area (Å²) in [5.74, 6) is 7.95. The standard InChI is InChI=1S/C27H38N8O/c1-29-27(30-2)13-12-23-21(19-27)26(36)35(28)25(32-23)9-5-6-14-33-15-17-34(18-16-33)24-11-10-20-7-3-4-8-22(20)31-24/h3-4,7-8,10-11,29-30H,5-6,9,12-19,28H2,1-2H3. The summed E-state index contributed by atoms with van der Waals surface area (Å²) < 4.78 is 1.27. The lowest BCUT2D eigenvalue weighted by molar-refractivity contribution is 0.251. The van der Waals surface area contributed by atoms with E-state index in [1.807, 2.05) is 20.2 Å². The number of aryl methyl sites for hydroxylation is 2. The molecule has 0 bridgehead atoms. The van der Waals surface area contributed by atoms with E-state index in [4.69, 9.17) is 15.8 Å². The highest BCUT2D eigenvalue weighted by Crippen LogP contribution is 2.24.